The number of aromatic nitrogens is 4. The average molecular weight is 378 g/mol. The Bertz CT molecular complexity index is 972. The molecular weight excluding hydrogens is 364 g/mol. The van der Waals surface area contributed by atoms with Gasteiger partial charge in [0.05, 0.1) is 22.7 Å². The van der Waals surface area contributed by atoms with Gasteiger partial charge in [0.25, 0.3) is 5.78 Å². The van der Waals surface area contributed by atoms with E-state index in [1.165, 1.54) is 12.4 Å². The molecule has 0 radical (unpaired) electrons. The molecule has 0 bridgehead atoms. The molecule has 5 nitrogen and oxygen atoms in total. The van der Waals surface area contributed by atoms with Gasteiger partial charge in [-0.1, -0.05) is 36.2 Å². The highest BCUT2D eigenvalue weighted by molar-refractivity contribution is 6.36. The molecule has 2 fully saturated rings. The Kier molecular flexibility index (Phi) is 3.24. The van der Waals surface area contributed by atoms with Gasteiger partial charge in [-0.25, -0.2) is 4.39 Å². The fraction of sp³-hybridized carbons (Fsp3) is 0.353. The molecule has 128 valence electrons. The molecule has 3 aromatic rings. The van der Waals surface area contributed by atoms with Crippen LogP contribution in [0.4, 0.5) is 10.2 Å². The molecule has 2 aliphatic rings. The number of hydrogen-bond acceptors (Lipinski definition) is 4. The smallest absolute Gasteiger partial charge is 0.255 e. The third-order valence-corrected chi connectivity index (χ3v) is 5.76. The van der Waals surface area contributed by atoms with Crippen LogP contribution < -0.4 is 4.90 Å². The second kappa shape index (κ2) is 5.29. The van der Waals surface area contributed by atoms with Crippen LogP contribution in [0.3, 0.4) is 0 Å². The lowest BCUT2D eigenvalue weighted by atomic mass is 10.1. The van der Waals surface area contributed by atoms with Gasteiger partial charge in [0.2, 0.25) is 0 Å². The summed E-state index contributed by atoms with van der Waals surface area (Å²) in [4.78, 5) is 10.7. The first-order chi connectivity index (χ1) is 12.1. The fourth-order valence-electron chi connectivity index (χ4n) is 4.10. The number of rotatable bonds is 2. The summed E-state index contributed by atoms with van der Waals surface area (Å²) in [6.45, 7) is 2.25. The van der Waals surface area contributed by atoms with E-state index in [2.05, 4.69) is 26.9 Å². The predicted octanol–water partition coefficient (Wildman–Crippen LogP) is 4.22. The van der Waals surface area contributed by atoms with Crippen molar-refractivity contribution in [1.29, 1.82) is 0 Å². The van der Waals surface area contributed by atoms with Crippen molar-refractivity contribution in [2.45, 2.75) is 31.8 Å². The molecule has 1 saturated carbocycles. The van der Waals surface area contributed by atoms with E-state index in [9.17, 15) is 4.39 Å². The number of halogens is 3. The Morgan fingerprint density at radius 3 is 2.64 bits per heavy atom. The van der Waals surface area contributed by atoms with Crippen molar-refractivity contribution in [3.05, 3.63) is 40.5 Å². The van der Waals surface area contributed by atoms with Crippen molar-refractivity contribution in [3.63, 3.8) is 0 Å². The number of benzene rings is 1. The SMILES string of the molecule is CC1CC2C(C1)N2c1c(-c2c(F)cccc2Cl)c(Cl)nc2ncnn12. The van der Waals surface area contributed by atoms with E-state index in [4.69, 9.17) is 23.2 Å². The topological polar surface area (TPSA) is 46.1 Å². The number of piperidine rings is 1. The third-order valence-electron chi connectivity index (χ3n) is 5.17. The van der Waals surface area contributed by atoms with Gasteiger partial charge in [-0.05, 0) is 30.9 Å². The molecule has 5 rings (SSSR count). The molecular formula is C17H14Cl2FN5. The quantitative estimate of drug-likeness (QED) is 0.495. The van der Waals surface area contributed by atoms with Gasteiger partial charge in [0, 0.05) is 5.56 Å². The largest absolute Gasteiger partial charge is 0.346 e. The molecule has 25 heavy (non-hydrogen) atoms. The molecule has 8 heteroatoms. The third kappa shape index (κ3) is 2.17. The molecule has 1 aliphatic carbocycles. The first kappa shape index (κ1) is 15.3. The summed E-state index contributed by atoms with van der Waals surface area (Å²) >= 11 is 12.8. The summed E-state index contributed by atoms with van der Waals surface area (Å²) in [7, 11) is 0. The minimum Gasteiger partial charge on any atom is -0.346 e. The molecule has 0 spiro atoms. The molecule has 1 aromatic carbocycles. The Morgan fingerprint density at radius 1 is 1.16 bits per heavy atom. The second-order valence-electron chi connectivity index (χ2n) is 6.79. The van der Waals surface area contributed by atoms with Gasteiger partial charge >= 0.3 is 0 Å². The molecule has 0 N–H and O–H groups in total. The highest BCUT2D eigenvalue weighted by atomic mass is 35.5. The molecule has 0 amide bonds. The molecule has 2 unspecified atom stereocenters. The minimum absolute atomic E-state index is 0.181. The Labute approximate surface area is 153 Å². The van der Waals surface area contributed by atoms with Crippen LogP contribution in [0.1, 0.15) is 19.8 Å². The predicted molar refractivity (Wildman–Crippen MR) is 94.6 cm³/mol. The molecule has 3 heterocycles. The highest BCUT2D eigenvalue weighted by Crippen LogP contribution is 2.52. The summed E-state index contributed by atoms with van der Waals surface area (Å²) in [5, 5.41) is 4.77. The van der Waals surface area contributed by atoms with Crippen molar-refractivity contribution in [2.24, 2.45) is 5.92 Å². The van der Waals surface area contributed by atoms with Crippen LogP contribution in [0.25, 0.3) is 16.9 Å². The maximum Gasteiger partial charge on any atom is 0.255 e. The van der Waals surface area contributed by atoms with E-state index in [0.717, 1.165) is 18.7 Å². The van der Waals surface area contributed by atoms with Crippen LogP contribution in [0.5, 0.6) is 0 Å². The minimum atomic E-state index is -0.433. The van der Waals surface area contributed by atoms with E-state index in [1.54, 1.807) is 16.6 Å². The highest BCUT2D eigenvalue weighted by Gasteiger charge is 2.55. The Morgan fingerprint density at radius 2 is 1.92 bits per heavy atom. The number of fused-ring (bicyclic) bond motifs is 2. The number of anilines is 1. The first-order valence-electron chi connectivity index (χ1n) is 8.18. The average Bonchev–Trinajstić information content (AvgIpc) is 2.91. The van der Waals surface area contributed by atoms with Gasteiger partial charge < -0.3 is 4.90 Å². The monoisotopic (exact) mass is 377 g/mol. The van der Waals surface area contributed by atoms with E-state index in [-0.39, 0.29) is 10.7 Å². The van der Waals surface area contributed by atoms with E-state index in [1.807, 2.05) is 0 Å². The second-order valence-corrected chi connectivity index (χ2v) is 7.55. The lowest BCUT2D eigenvalue weighted by Crippen LogP contribution is -2.15. The Hall–Kier alpha value is -1.92. The van der Waals surface area contributed by atoms with E-state index >= 15 is 0 Å². The summed E-state index contributed by atoms with van der Waals surface area (Å²) in [6.07, 6.45) is 3.63. The Balaban J connectivity index is 1.79. The molecule has 1 aliphatic heterocycles. The van der Waals surface area contributed by atoms with Crippen LogP contribution in [0, 0.1) is 11.7 Å². The van der Waals surface area contributed by atoms with Gasteiger partial charge in [0.1, 0.15) is 23.1 Å². The lowest BCUT2D eigenvalue weighted by Gasteiger charge is -2.19. The van der Waals surface area contributed by atoms with Crippen molar-refractivity contribution in [3.8, 4) is 11.1 Å². The van der Waals surface area contributed by atoms with Crippen molar-refractivity contribution in [2.75, 3.05) is 4.90 Å². The van der Waals surface area contributed by atoms with Crippen LogP contribution in [0.2, 0.25) is 10.2 Å². The van der Waals surface area contributed by atoms with Gasteiger partial charge in [-0.2, -0.15) is 19.6 Å². The normalized spacial score (nSPS) is 24.8. The number of nitrogens with zero attached hydrogens (tertiary/aromatic N) is 5. The lowest BCUT2D eigenvalue weighted by molar-refractivity contribution is 0.559. The first-order valence-corrected chi connectivity index (χ1v) is 8.94. The number of hydrogen-bond donors (Lipinski definition) is 0. The fourth-order valence-corrected chi connectivity index (χ4v) is 4.62. The van der Waals surface area contributed by atoms with E-state index < -0.39 is 5.82 Å². The maximum atomic E-state index is 14.6. The van der Waals surface area contributed by atoms with Crippen LogP contribution in [0.15, 0.2) is 24.5 Å². The van der Waals surface area contributed by atoms with Gasteiger partial charge in [0.15, 0.2) is 0 Å². The summed E-state index contributed by atoms with van der Waals surface area (Å²) in [5.74, 6) is 1.38. The summed E-state index contributed by atoms with van der Waals surface area (Å²) in [6, 6.07) is 5.44. The van der Waals surface area contributed by atoms with Gasteiger partial charge in [-0.15, -0.1) is 0 Å². The molecule has 2 aromatic heterocycles. The maximum absolute atomic E-state index is 14.6. The summed E-state index contributed by atoms with van der Waals surface area (Å²) < 4.78 is 16.3. The van der Waals surface area contributed by atoms with Crippen LogP contribution in [-0.2, 0) is 0 Å². The zero-order chi connectivity index (χ0) is 17.3. The summed E-state index contributed by atoms with van der Waals surface area (Å²) in [5.41, 5.74) is 0.733. The standard InChI is InChI=1S/C17H14Cl2FN5/c1-8-5-11-12(6-8)24(11)16-14(13-9(18)3-2-4-10(13)20)15(19)23-17-21-7-22-25(16)17/h2-4,7-8,11-12H,5-6H2,1H3. The molecule has 2 atom stereocenters. The van der Waals surface area contributed by atoms with Crippen molar-refractivity contribution < 1.29 is 4.39 Å². The van der Waals surface area contributed by atoms with Gasteiger partial charge in [-0.3, -0.25) is 0 Å². The van der Waals surface area contributed by atoms with Crippen LogP contribution in [-0.4, -0.2) is 31.7 Å². The van der Waals surface area contributed by atoms with Crippen molar-refractivity contribution in [1.82, 2.24) is 19.6 Å². The molecule has 1 saturated heterocycles. The zero-order valence-corrected chi connectivity index (χ0v) is 14.8. The van der Waals surface area contributed by atoms with Crippen LogP contribution >= 0.6 is 23.2 Å². The van der Waals surface area contributed by atoms with Crippen molar-refractivity contribution >= 4 is 34.8 Å². The van der Waals surface area contributed by atoms with E-state index in [0.29, 0.717) is 34.4 Å². The zero-order valence-electron chi connectivity index (χ0n) is 13.3.